The maximum absolute atomic E-state index is 5.61. The maximum Gasteiger partial charge on any atom is 0.0481 e. The van der Waals surface area contributed by atoms with Crippen molar-refractivity contribution >= 4 is 60.4 Å². The summed E-state index contributed by atoms with van der Waals surface area (Å²) in [5, 5.41) is 6.32. The fraction of sp³-hybridized carbons (Fsp3) is 0.208. The fourth-order valence-corrected chi connectivity index (χ4v) is 5.33. The third-order valence-electron chi connectivity index (χ3n) is 4.60. The van der Waals surface area contributed by atoms with Crippen LogP contribution >= 0.6 is 35.3 Å². The van der Waals surface area contributed by atoms with Crippen molar-refractivity contribution in [3.05, 3.63) is 83.2 Å². The van der Waals surface area contributed by atoms with Crippen LogP contribution in [0, 0.1) is 0 Å². The molecule has 0 fully saturated rings. The molecule has 4 rings (SSSR count). The van der Waals surface area contributed by atoms with Crippen LogP contribution in [0.4, 0.5) is 0 Å². The number of benzene rings is 3. The average molecular weight is 409 g/mol. The van der Waals surface area contributed by atoms with E-state index in [1.807, 2.05) is 23.1 Å². The number of aryl methyl sites for hydroxylation is 1. The van der Waals surface area contributed by atoms with Crippen LogP contribution in [0.15, 0.2) is 72.1 Å². The molecule has 0 spiro atoms. The van der Waals surface area contributed by atoms with Crippen LogP contribution in [0.1, 0.15) is 31.4 Å². The van der Waals surface area contributed by atoms with E-state index in [9.17, 15) is 0 Å². The highest BCUT2D eigenvalue weighted by Crippen LogP contribution is 2.27. The molecule has 0 saturated heterocycles. The number of hydrogen-bond donors (Lipinski definition) is 0. The molecule has 4 aromatic rings. The largest absolute Gasteiger partial charge is 0.144 e. The lowest BCUT2D eigenvalue weighted by Crippen LogP contribution is -1.93. The van der Waals surface area contributed by atoms with Crippen molar-refractivity contribution in [1.29, 1.82) is 0 Å². The Hall–Kier alpha value is -1.68. The van der Waals surface area contributed by atoms with Gasteiger partial charge in [-0.1, -0.05) is 80.3 Å². The van der Waals surface area contributed by atoms with Gasteiger partial charge in [-0.3, -0.25) is 0 Å². The minimum absolute atomic E-state index is 0. The van der Waals surface area contributed by atoms with E-state index in [0.29, 0.717) is 0 Å². The molecule has 3 heteroatoms. The maximum atomic E-state index is 5.61. The van der Waals surface area contributed by atoms with Gasteiger partial charge >= 0.3 is 0 Å². The minimum Gasteiger partial charge on any atom is -0.144 e. The zero-order chi connectivity index (χ0) is 17.8. The lowest BCUT2D eigenvalue weighted by molar-refractivity contribution is 0.885. The molecule has 0 aliphatic rings. The number of rotatable bonds is 6. The molecule has 138 valence electrons. The van der Waals surface area contributed by atoms with Crippen LogP contribution < -0.4 is 0 Å². The van der Waals surface area contributed by atoms with Gasteiger partial charge in [0.15, 0.2) is 0 Å². The Bertz CT molecular complexity index is 1050. The predicted molar refractivity (Wildman–Crippen MR) is 129 cm³/mol. The Labute approximate surface area is 175 Å². The number of thiophene rings is 1. The molecule has 0 aliphatic heterocycles. The molecule has 0 nitrogen and oxygen atoms in total. The number of thioether (sulfide) groups is 1. The zero-order valence-electron chi connectivity index (χ0n) is 14.5. The molecular weight excluding hydrogens is 384 g/mol. The smallest absolute Gasteiger partial charge is 0.0481 e. The Morgan fingerprint density at radius 2 is 1.70 bits per heavy atom. The van der Waals surface area contributed by atoms with E-state index in [0.717, 1.165) is 29.2 Å². The standard InChI is InChI=1S/C23H20S3.CH4/c24-23(11-5-8-20-16-25-22-10-4-3-9-21(20)22)26-15-17-12-13-18-6-1-2-7-19(18)14-17;/h1-4,6-7,9-10,12-14,16H,5,8,11,15H2;1H4. The van der Waals surface area contributed by atoms with Gasteiger partial charge in [0.1, 0.15) is 0 Å². The molecule has 0 amide bonds. The normalized spacial score (nSPS) is 10.8. The van der Waals surface area contributed by atoms with Crippen LogP contribution in [0.2, 0.25) is 0 Å². The second kappa shape index (κ2) is 9.50. The van der Waals surface area contributed by atoms with Gasteiger partial charge in [-0.15, -0.1) is 23.1 Å². The van der Waals surface area contributed by atoms with Gasteiger partial charge in [-0.25, -0.2) is 0 Å². The summed E-state index contributed by atoms with van der Waals surface area (Å²) in [5.74, 6) is 0.963. The Morgan fingerprint density at radius 1 is 0.926 bits per heavy atom. The van der Waals surface area contributed by atoms with Crippen molar-refractivity contribution in [3.8, 4) is 0 Å². The van der Waals surface area contributed by atoms with Crippen molar-refractivity contribution in [2.24, 2.45) is 0 Å². The third-order valence-corrected chi connectivity index (χ3v) is 7.18. The highest BCUT2D eigenvalue weighted by Gasteiger charge is 2.05. The monoisotopic (exact) mass is 408 g/mol. The van der Waals surface area contributed by atoms with Gasteiger partial charge in [0.05, 0.1) is 0 Å². The highest BCUT2D eigenvalue weighted by molar-refractivity contribution is 8.22. The van der Waals surface area contributed by atoms with E-state index in [2.05, 4.69) is 72.1 Å². The van der Waals surface area contributed by atoms with Crippen LogP contribution in [-0.2, 0) is 12.2 Å². The molecule has 0 radical (unpaired) electrons. The van der Waals surface area contributed by atoms with Gasteiger partial charge in [0.2, 0.25) is 0 Å². The molecule has 27 heavy (non-hydrogen) atoms. The molecule has 0 unspecified atom stereocenters. The summed E-state index contributed by atoms with van der Waals surface area (Å²) in [6.07, 6.45) is 3.25. The Balaban J connectivity index is 0.00000210. The molecule has 0 aliphatic carbocycles. The highest BCUT2D eigenvalue weighted by atomic mass is 32.2. The van der Waals surface area contributed by atoms with E-state index < -0.39 is 0 Å². The second-order valence-electron chi connectivity index (χ2n) is 6.45. The molecule has 0 N–H and O–H groups in total. The van der Waals surface area contributed by atoms with Crippen LogP contribution in [0.5, 0.6) is 0 Å². The van der Waals surface area contributed by atoms with Crippen molar-refractivity contribution in [1.82, 2.24) is 0 Å². The quantitative estimate of drug-likeness (QED) is 0.294. The summed E-state index contributed by atoms with van der Waals surface area (Å²) in [5.41, 5.74) is 2.81. The summed E-state index contributed by atoms with van der Waals surface area (Å²) >= 11 is 9.26. The first-order valence-corrected chi connectivity index (χ1v) is 11.2. The zero-order valence-corrected chi connectivity index (χ0v) is 16.9. The van der Waals surface area contributed by atoms with Crippen LogP contribution in [0.25, 0.3) is 20.9 Å². The molecule has 1 heterocycles. The summed E-state index contributed by atoms with van der Waals surface area (Å²) < 4.78 is 2.51. The molecular formula is C24H24S3. The van der Waals surface area contributed by atoms with Crippen molar-refractivity contribution < 1.29 is 0 Å². The summed E-state index contributed by atoms with van der Waals surface area (Å²) in [7, 11) is 0. The van der Waals surface area contributed by atoms with E-state index in [-0.39, 0.29) is 7.43 Å². The number of fused-ring (bicyclic) bond motifs is 2. The van der Waals surface area contributed by atoms with E-state index in [4.69, 9.17) is 12.2 Å². The lowest BCUT2D eigenvalue weighted by Gasteiger charge is -2.06. The Morgan fingerprint density at radius 3 is 2.59 bits per heavy atom. The van der Waals surface area contributed by atoms with E-state index in [1.165, 1.54) is 32.0 Å². The molecule has 0 bridgehead atoms. The average Bonchev–Trinajstić information content (AvgIpc) is 3.09. The Kier molecular flexibility index (Phi) is 7.06. The topological polar surface area (TPSA) is 0 Å². The van der Waals surface area contributed by atoms with Gasteiger partial charge in [-0.05, 0) is 58.0 Å². The third kappa shape index (κ3) is 4.98. The number of hydrogen-bond acceptors (Lipinski definition) is 3. The van der Waals surface area contributed by atoms with Gasteiger partial charge < -0.3 is 0 Å². The summed E-state index contributed by atoms with van der Waals surface area (Å²) in [6, 6.07) is 23.9. The van der Waals surface area contributed by atoms with E-state index in [1.54, 1.807) is 0 Å². The first kappa shape index (κ1) is 20.1. The van der Waals surface area contributed by atoms with Crippen molar-refractivity contribution in [2.45, 2.75) is 32.4 Å². The van der Waals surface area contributed by atoms with Crippen molar-refractivity contribution in [3.63, 3.8) is 0 Å². The molecule has 0 atom stereocenters. The van der Waals surface area contributed by atoms with Gasteiger partial charge in [0.25, 0.3) is 0 Å². The first-order chi connectivity index (χ1) is 12.8. The van der Waals surface area contributed by atoms with E-state index >= 15 is 0 Å². The predicted octanol–water partition coefficient (Wildman–Crippen LogP) is 8.27. The SMILES string of the molecule is C.S=C(CCCc1csc2ccccc12)SCc1ccc2ccccc2c1. The minimum atomic E-state index is 0. The van der Waals surface area contributed by atoms with Gasteiger partial charge in [0, 0.05) is 14.6 Å². The summed E-state index contributed by atoms with van der Waals surface area (Å²) in [6.45, 7) is 0. The number of thiocarbonyl (C=S) groups is 1. The molecule has 0 saturated carbocycles. The lowest BCUT2D eigenvalue weighted by atomic mass is 10.1. The molecule has 3 aromatic carbocycles. The van der Waals surface area contributed by atoms with Crippen molar-refractivity contribution in [2.75, 3.05) is 0 Å². The van der Waals surface area contributed by atoms with Crippen LogP contribution in [0.3, 0.4) is 0 Å². The fourth-order valence-electron chi connectivity index (χ4n) is 3.21. The van der Waals surface area contributed by atoms with Crippen LogP contribution in [-0.4, -0.2) is 4.20 Å². The first-order valence-electron chi connectivity index (χ1n) is 8.88. The summed E-state index contributed by atoms with van der Waals surface area (Å²) in [4.78, 5) is 0. The second-order valence-corrected chi connectivity index (χ2v) is 9.19. The molecule has 1 aromatic heterocycles. The van der Waals surface area contributed by atoms with Gasteiger partial charge in [-0.2, -0.15) is 0 Å².